The summed E-state index contributed by atoms with van der Waals surface area (Å²) < 4.78 is 5.19. The number of rotatable bonds is 6. The molecule has 7 heteroatoms. The number of nitrogens with zero attached hydrogens (tertiary/aromatic N) is 2. The molecule has 1 saturated carbocycles. The van der Waals surface area contributed by atoms with Crippen LogP contribution in [-0.2, 0) is 9.53 Å². The minimum Gasteiger partial charge on any atom is -0.463 e. The Morgan fingerprint density at radius 3 is 2.44 bits per heavy atom. The van der Waals surface area contributed by atoms with E-state index in [4.69, 9.17) is 4.74 Å². The first-order chi connectivity index (χ1) is 13.1. The van der Waals surface area contributed by atoms with E-state index in [0.29, 0.717) is 24.4 Å². The van der Waals surface area contributed by atoms with Crippen LogP contribution in [0.15, 0.2) is 11.3 Å². The third kappa shape index (κ3) is 5.45. The first-order valence-electron chi connectivity index (χ1n) is 10.5. The van der Waals surface area contributed by atoms with Gasteiger partial charge in [-0.15, -0.1) is 0 Å². The molecule has 0 bridgehead atoms. The van der Waals surface area contributed by atoms with Crippen LogP contribution in [0.5, 0.6) is 0 Å². The predicted octanol–water partition coefficient (Wildman–Crippen LogP) is 1.70. The fraction of sp³-hybridized carbons (Fsp3) is 0.800. The number of hydrogen-bond acceptors (Lipinski definition) is 5. The molecule has 1 saturated heterocycles. The summed E-state index contributed by atoms with van der Waals surface area (Å²) in [7, 11) is 0. The van der Waals surface area contributed by atoms with Crippen LogP contribution in [0.3, 0.4) is 0 Å². The van der Waals surface area contributed by atoms with E-state index in [9.17, 15) is 9.59 Å². The van der Waals surface area contributed by atoms with Gasteiger partial charge < -0.3 is 20.3 Å². The molecule has 1 atom stereocenters. The quantitative estimate of drug-likeness (QED) is 0.688. The fourth-order valence-corrected chi connectivity index (χ4v) is 4.49. The average molecular weight is 379 g/mol. The van der Waals surface area contributed by atoms with Gasteiger partial charge in [0.2, 0.25) is 0 Å². The van der Waals surface area contributed by atoms with E-state index in [0.717, 1.165) is 32.1 Å². The van der Waals surface area contributed by atoms with Gasteiger partial charge in [0, 0.05) is 45.0 Å². The van der Waals surface area contributed by atoms with E-state index < -0.39 is 0 Å². The molecule has 3 rings (SSSR count). The highest BCUT2D eigenvalue weighted by Crippen LogP contribution is 2.25. The van der Waals surface area contributed by atoms with Crippen molar-refractivity contribution in [2.45, 2.75) is 52.0 Å². The lowest BCUT2D eigenvalue weighted by Gasteiger charge is -2.38. The van der Waals surface area contributed by atoms with Crippen LogP contribution < -0.4 is 10.6 Å². The molecule has 7 nitrogen and oxygen atoms in total. The van der Waals surface area contributed by atoms with Crippen LogP contribution >= 0.6 is 0 Å². The van der Waals surface area contributed by atoms with Gasteiger partial charge >= 0.3 is 12.0 Å². The first kappa shape index (κ1) is 20.1. The van der Waals surface area contributed by atoms with Gasteiger partial charge in [0.05, 0.1) is 18.2 Å². The third-order valence-electron chi connectivity index (χ3n) is 5.95. The van der Waals surface area contributed by atoms with Crippen molar-refractivity contribution >= 4 is 12.0 Å². The molecule has 1 unspecified atom stereocenters. The molecule has 152 valence electrons. The number of urea groups is 1. The number of carbonyl (C=O) groups is 2. The Morgan fingerprint density at radius 1 is 1.11 bits per heavy atom. The highest BCUT2D eigenvalue weighted by Gasteiger charge is 2.31. The molecular weight excluding hydrogens is 344 g/mol. The second-order valence-electron chi connectivity index (χ2n) is 8.01. The van der Waals surface area contributed by atoms with Crippen molar-refractivity contribution < 1.29 is 14.3 Å². The smallest absolute Gasteiger partial charge is 0.337 e. The van der Waals surface area contributed by atoms with Crippen LogP contribution in [0.4, 0.5) is 4.79 Å². The number of ether oxygens (including phenoxy) is 1. The Hall–Kier alpha value is -1.60. The molecule has 0 aromatic rings. The minimum atomic E-state index is -0.344. The van der Waals surface area contributed by atoms with E-state index in [1.807, 2.05) is 6.92 Å². The molecular formula is C20H34N4O3. The monoisotopic (exact) mass is 378 g/mol. The Labute approximate surface area is 162 Å². The van der Waals surface area contributed by atoms with Gasteiger partial charge in [0.1, 0.15) is 0 Å². The predicted molar refractivity (Wildman–Crippen MR) is 104 cm³/mol. The summed E-state index contributed by atoms with van der Waals surface area (Å²) in [6.45, 7) is 9.80. The molecule has 3 aliphatic rings. The number of amides is 2. The van der Waals surface area contributed by atoms with E-state index >= 15 is 0 Å². The van der Waals surface area contributed by atoms with Crippen molar-refractivity contribution in [2.75, 3.05) is 45.9 Å². The van der Waals surface area contributed by atoms with Crippen molar-refractivity contribution in [3.63, 3.8) is 0 Å². The van der Waals surface area contributed by atoms with E-state index in [1.165, 1.54) is 38.6 Å². The minimum absolute atomic E-state index is 0.249. The molecule has 2 aliphatic heterocycles. The third-order valence-corrected chi connectivity index (χ3v) is 5.95. The first-order valence-corrected chi connectivity index (χ1v) is 10.5. The van der Waals surface area contributed by atoms with Gasteiger partial charge in [0.15, 0.2) is 0 Å². The number of hydrogen-bond donors (Lipinski definition) is 2. The Bertz CT molecular complexity index is 564. The zero-order valence-electron chi connectivity index (χ0n) is 16.8. The zero-order valence-corrected chi connectivity index (χ0v) is 16.8. The summed E-state index contributed by atoms with van der Waals surface area (Å²) in [5, 5.41) is 5.59. The normalized spacial score (nSPS) is 25.9. The molecule has 2 heterocycles. The van der Waals surface area contributed by atoms with Crippen LogP contribution in [0, 0.1) is 5.92 Å². The highest BCUT2D eigenvalue weighted by atomic mass is 16.5. The molecule has 0 aromatic heterocycles. The highest BCUT2D eigenvalue weighted by molar-refractivity contribution is 5.94. The van der Waals surface area contributed by atoms with Gasteiger partial charge in [-0.25, -0.2) is 9.59 Å². The summed E-state index contributed by atoms with van der Waals surface area (Å²) in [6, 6.07) is -0.582. The summed E-state index contributed by atoms with van der Waals surface area (Å²) >= 11 is 0. The van der Waals surface area contributed by atoms with Gasteiger partial charge in [-0.3, -0.25) is 4.90 Å². The molecule has 0 radical (unpaired) electrons. The average Bonchev–Trinajstić information content (AvgIpc) is 2.64. The molecule has 0 spiro atoms. The van der Waals surface area contributed by atoms with Gasteiger partial charge in [-0.2, -0.15) is 0 Å². The lowest BCUT2D eigenvalue weighted by atomic mass is 9.89. The molecule has 2 fully saturated rings. The van der Waals surface area contributed by atoms with Crippen molar-refractivity contribution in [2.24, 2.45) is 5.92 Å². The Balaban J connectivity index is 1.56. The van der Waals surface area contributed by atoms with Crippen molar-refractivity contribution in [1.82, 2.24) is 20.4 Å². The Morgan fingerprint density at radius 2 is 1.78 bits per heavy atom. The number of nitrogens with one attached hydrogen (secondary N) is 2. The summed E-state index contributed by atoms with van der Waals surface area (Å²) in [4.78, 5) is 29.1. The Kier molecular flexibility index (Phi) is 7.13. The molecule has 2 amide bonds. The lowest BCUT2D eigenvalue weighted by Crippen LogP contribution is -2.53. The summed E-state index contributed by atoms with van der Waals surface area (Å²) in [5.41, 5.74) is 1.23. The maximum Gasteiger partial charge on any atom is 0.337 e. The topological polar surface area (TPSA) is 73.9 Å². The maximum atomic E-state index is 12.3. The van der Waals surface area contributed by atoms with E-state index in [2.05, 4.69) is 20.4 Å². The number of esters is 1. The van der Waals surface area contributed by atoms with E-state index in [1.54, 1.807) is 6.92 Å². The molecule has 2 N–H and O–H groups in total. The molecule has 0 aromatic carbocycles. The second kappa shape index (κ2) is 9.55. The van der Waals surface area contributed by atoms with Crippen LogP contribution in [0.25, 0.3) is 0 Å². The molecule has 27 heavy (non-hydrogen) atoms. The van der Waals surface area contributed by atoms with Gasteiger partial charge in [-0.05, 0) is 32.6 Å². The standard InChI is InChI=1S/C20H34N4O3/c1-3-27-19(25)18-15(2)21-20(26)22-17(18)14-24-11-9-23(10-12-24)13-16-7-5-4-6-8-16/h15-16H,3-14H2,1-2H3,(H2,21,22,26). The van der Waals surface area contributed by atoms with Crippen LogP contribution in [0.2, 0.25) is 0 Å². The van der Waals surface area contributed by atoms with Crippen molar-refractivity contribution in [1.29, 1.82) is 0 Å². The largest absolute Gasteiger partial charge is 0.463 e. The zero-order chi connectivity index (χ0) is 19.2. The van der Waals surface area contributed by atoms with Gasteiger partial charge in [0.25, 0.3) is 0 Å². The van der Waals surface area contributed by atoms with E-state index in [-0.39, 0.29) is 18.0 Å². The fourth-order valence-electron chi connectivity index (χ4n) is 4.49. The number of carbonyl (C=O) groups excluding carboxylic acids is 2. The summed E-state index contributed by atoms with van der Waals surface area (Å²) in [6.07, 6.45) is 6.95. The number of piperazine rings is 1. The maximum absolute atomic E-state index is 12.3. The van der Waals surface area contributed by atoms with Crippen molar-refractivity contribution in [3.05, 3.63) is 11.3 Å². The molecule has 1 aliphatic carbocycles. The lowest BCUT2D eigenvalue weighted by molar-refractivity contribution is -0.139. The van der Waals surface area contributed by atoms with Gasteiger partial charge in [-0.1, -0.05) is 19.3 Å². The van der Waals surface area contributed by atoms with Crippen LogP contribution in [0.1, 0.15) is 46.0 Å². The van der Waals surface area contributed by atoms with Crippen LogP contribution in [-0.4, -0.2) is 73.7 Å². The second-order valence-corrected chi connectivity index (χ2v) is 8.01. The van der Waals surface area contributed by atoms with Crippen molar-refractivity contribution in [3.8, 4) is 0 Å². The summed E-state index contributed by atoms with van der Waals surface area (Å²) in [5.74, 6) is 0.524. The SMILES string of the molecule is CCOC(=O)C1=C(CN2CCN(CC3CCCCC3)CC2)NC(=O)NC1C.